The van der Waals surface area contributed by atoms with Crippen molar-refractivity contribution in [3.8, 4) is 5.75 Å². The fraction of sp³-hybridized carbons (Fsp3) is 0.571. The molecule has 5 heteroatoms. The Kier molecular flexibility index (Phi) is 5.00. The molecule has 108 valence electrons. The summed E-state index contributed by atoms with van der Waals surface area (Å²) in [6.45, 7) is 5.84. The number of nitrogens with two attached hydrogens (primary N) is 1. The fourth-order valence-electron chi connectivity index (χ4n) is 2.13. The Morgan fingerprint density at radius 2 is 2.00 bits per heavy atom. The summed E-state index contributed by atoms with van der Waals surface area (Å²) in [5, 5.41) is 3.12. The molecule has 0 aliphatic heterocycles. The number of halogens is 1. The van der Waals surface area contributed by atoms with Crippen molar-refractivity contribution in [1.82, 2.24) is 4.90 Å². The van der Waals surface area contributed by atoms with Gasteiger partial charge in [-0.15, -0.1) is 0 Å². The lowest BCUT2D eigenvalue weighted by Crippen LogP contribution is -2.34. The average molecular weight is 269 g/mol. The van der Waals surface area contributed by atoms with Gasteiger partial charge in [-0.25, -0.2) is 4.39 Å². The van der Waals surface area contributed by atoms with Crippen LogP contribution in [0.25, 0.3) is 0 Å². The minimum Gasteiger partial charge on any atom is -0.495 e. The molecule has 0 saturated carbocycles. The fourth-order valence-corrected chi connectivity index (χ4v) is 2.13. The maximum atomic E-state index is 13.8. The van der Waals surface area contributed by atoms with Crippen molar-refractivity contribution in [2.75, 3.05) is 45.3 Å². The van der Waals surface area contributed by atoms with Gasteiger partial charge < -0.3 is 20.7 Å². The molecular weight excluding hydrogens is 245 g/mol. The third kappa shape index (κ3) is 4.59. The molecule has 0 atom stereocenters. The van der Waals surface area contributed by atoms with Crippen molar-refractivity contribution >= 4 is 11.4 Å². The Balaban J connectivity index is 2.77. The summed E-state index contributed by atoms with van der Waals surface area (Å²) in [6.07, 6.45) is 0. The van der Waals surface area contributed by atoms with E-state index in [4.69, 9.17) is 10.5 Å². The zero-order valence-electron chi connectivity index (χ0n) is 12.4. The van der Waals surface area contributed by atoms with Crippen LogP contribution in [0.5, 0.6) is 5.75 Å². The van der Waals surface area contributed by atoms with Crippen LogP contribution in [0.4, 0.5) is 15.8 Å². The molecule has 3 N–H and O–H groups in total. The number of hydrogen-bond donors (Lipinski definition) is 2. The molecule has 0 amide bonds. The molecule has 0 bridgehead atoms. The molecule has 0 radical (unpaired) electrons. The molecule has 1 aromatic carbocycles. The third-order valence-electron chi connectivity index (χ3n) is 2.82. The SMILES string of the molecule is COc1cc(NCC(C)(C)CN(C)C)c(F)cc1N. The van der Waals surface area contributed by atoms with Crippen molar-refractivity contribution in [3.05, 3.63) is 17.9 Å². The first-order valence-corrected chi connectivity index (χ1v) is 6.27. The number of methoxy groups -OCH3 is 1. The molecule has 0 spiro atoms. The first-order valence-electron chi connectivity index (χ1n) is 6.27. The van der Waals surface area contributed by atoms with Crippen LogP contribution in [0.2, 0.25) is 0 Å². The summed E-state index contributed by atoms with van der Waals surface area (Å²) in [4.78, 5) is 2.11. The van der Waals surface area contributed by atoms with E-state index >= 15 is 0 Å². The number of nitrogens with zero attached hydrogens (tertiary/aromatic N) is 1. The molecule has 0 unspecified atom stereocenters. The van der Waals surface area contributed by atoms with E-state index in [9.17, 15) is 4.39 Å². The second-order valence-electron chi connectivity index (χ2n) is 5.83. The molecule has 0 fully saturated rings. The summed E-state index contributed by atoms with van der Waals surface area (Å²) in [7, 11) is 5.56. The summed E-state index contributed by atoms with van der Waals surface area (Å²) < 4.78 is 18.9. The lowest BCUT2D eigenvalue weighted by Gasteiger charge is -2.29. The van der Waals surface area contributed by atoms with Crippen molar-refractivity contribution in [2.45, 2.75) is 13.8 Å². The number of nitrogens with one attached hydrogen (secondary N) is 1. The van der Waals surface area contributed by atoms with E-state index in [-0.39, 0.29) is 11.2 Å². The van der Waals surface area contributed by atoms with Gasteiger partial charge in [0.1, 0.15) is 11.6 Å². The molecule has 1 rings (SSSR count). The maximum Gasteiger partial charge on any atom is 0.148 e. The van der Waals surface area contributed by atoms with Gasteiger partial charge in [-0.2, -0.15) is 0 Å². The largest absolute Gasteiger partial charge is 0.495 e. The summed E-state index contributed by atoms with van der Waals surface area (Å²) in [5.74, 6) is 0.119. The second-order valence-corrected chi connectivity index (χ2v) is 5.83. The number of nitrogen functional groups attached to an aromatic ring is 1. The van der Waals surface area contributed by atoms with E-state index in [1.54, 1.807) is 6.07 Å². The van der Waals surface area contributed by atoms with Gasteiger partial charge in [0.15, 0.2) is 0 Å². The van der Waals surface area contributed by atoms with Gasteiger partial charge in [-0.05, 0) is 19.5 Å². The topological polar surface area (TPSA) is 50.5 Å². The minimum absolute atomic E-state index is 0.0323. The van der Waals surface area contributed by atoms with Gasteiger partial charge in [0, 0.05) is 25.2 Å². The van der Waals surface area contributed by atoms with E-state index in [0.717, 1.165) is 6.54 Å². The zero-order chi connectivity index (χ0) is 14.6. The van der Waals surface area contributed by atoms with E-state index in [0.29, 0.717) is 23.7 Å². The number of rotatable bonds is 6. The molecule has 0 saturated heterocycles. The van der Waals surface area contributed by atoms with Crippen LogP contribution in [-0.2, 0) is 0 Å². The molecule has 1 aromatic rings. The first kappa shape index (κ1) is 15.6. The maximum absolute atomic E-state index is 13.8. The third-order valence-corrected chi connectivity index (χ3v) is 2.82. The van der Waals surface area contributed by atoms with Crippen molar-refractivity contribution in [1.29, 1.82) is 0 Å². The van der Waals surface area contributed by atoms with Crippen molar-refractivity contribution < 1.29 is 9.13 Å². The highest BCUT2D eigenvalue weighted by atomic mass is 19.1. The average Bonchev–Trinajstić information content (AvgIpc) is 2.26. The first-order chi connectivity index (χ1) is 8.75. The molecule has 4 nitrogen and oxygen atoms in total. The predicted octanol–water partition coefficient (Wildman–Crippen LogP) is 2.42. The Morgan fingerprint density at radius 3 is 2.53 bits per heavy atom. The Morgan fingerprint density at radius 1 is 1.37 bits per heavy atom. The van der Waals surface area contributed by atoms with Gasteiger partial charge in [0.25, 0.3) is 0 Å². The number of hydrogen-bond acceptors (Lipinski definition) is 4. The van der Waals surface area contributed by atoms with Gasteiger partial charge in [-0.3, -0.25) is 0 Å². The van der Waals surface area contributed by atoms with Gasteiger partial charge in [0.2, 0.25) is 0 Å². The van der Waals surface area contributed by atoms with Crippen LogP contribution in [0.15, 0.2) is 12.1 Å². The zero-order valence-corrected chi connectivity index (χ0v) is 12.4. The lowest BCUT2D eigenvalue weighted by atomic mass is 9.93. The van der Waals surface area contributed by atoms with Gasteiger partial charge in [0.05, 0.1) is 18.5 Å². The highest BCUT2D eigenvalue weighted by Gasteiger charge is 2.19. The van der Waals surface area contributed by atoms with Crippen LogP contribution in [0, 0.1) is 11.2 Å². The van der Waals surface area contributed by atoms with Crippen LogP contribution in [-0.4, -0.2) is 39.2 Å². The molecule has 0 aliphatic carbocycles. The monoisotopic (exact) mass is 269 g/mol. The molecule has 0 heterocycles. The predicted molar refractivity (Wildman–Crippen MR) is 78.2 cm³/mol. The lowest BCUT2D eigenvalue weighted by molar-refractivity contribution is 0.254. The molecule has 0 aliphatic rings. The van der Waals surface area contributed by atoms with E-state index in [1.807, 2.05) is 14.1 Å². The van der Waals surface area contributed by atoms with Gasteiger partial charge in [-0.1, -0.05) is 13.8 Å². The highest BCUT2D eigenvalue weighted by Crippen LogP contribution is 2.29. The number of ether oxygens (including phenoxy) is 1. The van der Waals surface area contributed by atoms with E-state index in [1.165, 1.54) is 13.2 Å². The van der Waals surface area contributed by atoms with Gasteiger partial charge >= 0.3 is 0 Å². The normalized spacial score (nSPS) is 11.7. The Bertz CT molecular complexity index is 433. The Labute approximate surface area is 114 Å². The summed E-state index contributed by atoms with van der Waals surface area (Å²) in [5.41, 5.74) is 6.40. The van der Waals surface area contributed by atoms with Crippen LogP contribution >= 0.6 is 0 Å². The van der Waals surface area contributed by atoms with Crippen LogP contribution in [0.1, 0.15) is 13.8 Å². The summed E-state index contributed by atoms with van der Waals surface area (Å²) in [6, 6.07) is 2.87. The second kappa shape index (κ2) is 6.10. The van der Waals surface area contributed by atoms with Crippen LogP contribution < -0.4 is 15.8 Å². The van der Waals surface area contributed by atoms with Crippen molar-refractivity contribution in [2.24, 2.45) is 5.41 Å². The number of benzene rings is 1. The minimum atomic E-state index is -0.362. The van der Waals surface area contributed by atoms with E-state index < -0.39 is 0 Å². The smallest absolute Gasteiger partial charge is 0.148 e. The van der Waals surface area contributed by atoms with E-state index in [2.05, 4.69) is 24.1 Å². The Hall–Kier alpha value is -1.49. The summed E-state index contributed by atoms with van der Waals surface area (Å²) >= 11 is 0. The molecule has 19 heavy (non-hydrogen) atoms. The standard InChI is InChI=1S/C14H24FN3O/c1-14(2,9-18(3)4)8-17-12-7-13(19-5)11(16)6-10(12)15/h6-7,17H,8-9,16H2,1-5H3. The number of anilines is 2. The quantitative estimate of drug-likeness (QED) is 0.779. The highest BCUT2D eigenvalue weighted by molar-refractivity contribution is 5.62. The molecule has 0 aromatic heterocycles. The van der Waals surface area contributed by atoms with Crippen molar-refractivity contribution in [3.63, 3.8) is 0 Å². The molecular formula is C14H24FN3O. The van der Waals surface area contributed by atoms with Crippen LogP contribution in [0.3, 0.4) is 0 Å².